The van der Waals surface area contributed by atoms with Gasteiger partial charge in [-0.15, -0.1) is 0 Å². The summed E-state index contributed by atoms with van der Waals surface area (Å²) in [4.78, 5) is 4.14. The number of hydrogen-bond acceptors (Lipinski definition) is 6. The van der Waals surface area contributed by atoms with E-state index in [9.17, 15) is 0 Å². The van der Waals surface area contributed by atoms with Crippen molar-refractivity contribution in [2.45, 2.75) is 20.3 Å². The molecular weight excluding hydrogens is 244 g/mol. The second kappa shape index (κ2) is 6.08. The predicted octanol–water partition coefficient (Wildman–Crippen LogP) is 2.01. The molecule has 6 nitrogen and oxygen atoms in total. The molecule has 2 aromatic rings. The molecule has 0 spiro atoms. The average molecular weight is 262 g/mol. The van der Waals surface area contributed by atoms with Crippen molar-refractivity contribution < 1.29 is 9.26 Å². The lowest BCUT2D eigenvalue weighted by atomic mass is 10.2. The summed E-state index contributed by atoms with van der Waals surface area (Å²) in [6.07, 6.45) is 0.676. The first-order chi connectivity index (χ1) is 9.20. The lowest BCUT2D eigenvalue weighted by molar-refractivity contribution is 0.342. The maximum absolute atomic E-state index is 6.02. The molecular formula is C13H18N4O2. The van der Waals surface area contributed by atoms with Gasteiger partial charge in [-0.05, 0) is 19.1 Å². The van der Waals surface area contributed by atoms with E-state index < -0.39 is 0 Å². The third kappa shape index (κ3) is 3.37. The lowest BCUT2D eigenvalue weighted by Crippen LogP contribution is -2.08. The Morgan fingerprint density at radius 1 is 1.42 bits per heavy atom. The van der Waals surface area contributed by atoms with Crippen LogP contribution in [0.1, 0.15) is 18.6 Å². The Morgan fingerprint density at radius 3 is 2.95 bits per heavy atom. The molecule has 0 radical (unpaired) electrons. The number of nitrogen functional groups attached to an aromatic ring is 1. The fourth-order valence-electron chi connectivity index (χ4n) is 1.73. The van der Waals surface area contributed by atoms with E-state index in [-0.39, 0.29) is 0 Å². The van der Waals surface area contributed by atoms with Gasteiger partial charge in [0.15, 0.2) is 5.82 Å². The van der Waals surface area contributed by atoms with Crippen LogP contribution in [-0.4, -0.2) is 23.3 Å². The molecule has 0 saturated carbocycles. The Kier molecular flexibility index (Phi) is 4.22. The van der Waals surface area contributed by atoms with E-state index in [1.54, 1.807) is 6.92 Å². The highest BCUT2D eigenvalue weighted by Crippen LogP contribution is 2.29. The van der Waals surface area contributed by atoms with Crippen LogP contribution in [0.25, 0.3) is 0 Å². The number of nitrogens with two attached hydrogens (primary N) is 1. The monoisotopic (exact) mass is 262 g/mol. The van der Waals surface area contributed by atoms with Gasteiger partial charge in [0.05, 0.1) is 18.0 Å². The number of aryl methyl sites for hydroxylation is 1. The van der Waals surface area contributed by atoms with Crippen LogP contribution in [0.3, 0.4) is 0 Å². The van der Waals surface area contributed by atoms with Crippen LogP contribution in [0, 0.1) is 6.92 Å². The topological polar surface area (TPSA) is 86.2 Å². The number of benzene rings is 1. The van der Waals surface area contributed by atoms with Crippen LogP contribution in [0.15, 0.2) is 22.7 Å². The van der Waals surface area contributed by atoms with E-state index in [1.165, 1.54) is 0 Å². The summed E-state index contributed by atoms with van der Waals surface area (Å²) in [5, 5.41) is 7.08. The molecule has 0 fully saturated rings. The summed E-state index contributed by atoms with van der Waals surface area (Å²) in [7, 11) is 0. The highest BCUT2D eigenvalue weighted by molar-refractivity contribution is 5.72. The van der Waals surface area contributed by atoms with Crippen molar-refractivity contribution in [1.29, 1.82) is 0 Å². The molecule has 0 aliphatic heterocycles. The SMILES string of the molecule is CCOc1cccc(NCCc2noc(C)n2)c1N. The molecule has 1 aromatic heterocycles. The first kappa shape index (κ1) is 13.2. The molecule has 2 rings (SSSR count). The standard InChI is InChI=1S/C13H18N4O2/c1-3-18-11-6-4-5-10(13(11)14)15-8-7-12-16-9(2)19-17-12/h4-6,15H,3,7-8,14H2,1-2H3. The summed E-state index contributed by atoms with van der Waals surface area (Å²) in [6, 6.07) is 5.67. The Balaban J connectivity index is 1.94. The zero-order valence-electron chi connectivity index (χ0n) is 11.1. The first-order valence-electron chi connectivity index (χ1n) is 6.25. The zero-order valence-corrected chi connectivity index (χ0v) is 11.1. The van der Waals surface area contributed by atoms with Gasteiger partial charge in [0.1, 0.15) is 5.75 Å². The quantitative estimate of drug-likeness (QED) is 0.774. The van der Waals surface area contributed by atoms with Crippen molar-refractivity contribution >= 4 is 11.4 Å². The fourth-order valence-corrected chi connectivity index (χ4v) is 1.73. The van der Waals surface area contributed by atoms with Gasteiger partial charge in [0.25, 0.3) is 0 Å². The maximum Gasteiger partial charge on any atom is 0.223 e. The van der Waals surface area contributed by atoms with E-state index in [4.69, 9.17) is 15.0 Å². The number of para-hydroxylation sites is 1. The van der Waals surface area contributed by atoms with Crippen LogP contribution in [0.5, 0.6) is 5.75 Å². The molecule has 1 heterocycles. The normalized spacial score (nSPS) is 10.4. The second-order valence-corrected chi connectivity index (χ2v) is 4.06. The summed E-state index contributed by atoms with van der Waals surface area (Å²) in [5.41, 5.74) is 7.49. The second-order valence-electron chi connectivity index (χ2n) is 4.06. The third-order valence-electron chi connectivity index (χ3n) is 2.60. The van der Waals surface area contributed by atoms with Crippen molar-refractivity contribution in [3.05, 3.63) is 29.9 Å². The minimum atomic E-state index is 0.577. The highest BCUT2D eigenvalue weighted by Gasteiger charge is 2.06. The molecule has 102 valence electrons. The minimum absolute atomic E-state index is 0.577. The summed E-state index contributed by atoms with van der Waals surface area (Å²) < 4.78 is 10.3. The van der Waals surface area contributed by atoms with Crippen LogP contribution in [-0.2, 0) is 6.42 Å². The molecule has 0 atom stereocenters. The number of nitrogens with one attached hydrogen (secondary N) is 1. The number of aromatic nitrogens is 2. The van der Waals surface area contributed by atoms with Crippen LogP contribution < -0.4 is 15.8 Å². The molecule has 3 N–H and O–H groups in total. The van der Waals surface area contributed by atoms with Crippen LogP contribution >= 0.6 is 0 Å². The van der Waals surface area contributed by atoms with Crippen molar-refractivity contribution in [2.24, 2.45) is 0 Å². The Morgan fingerprint density at radius 2 is 2.26 bits per heavy atom. The average Bonchev–Trinajstić information content (AvgIpc) is 2.80. The van der Waals surface area contributed by atoms with E-state index in [0.717, 1.165) is 5.69 Å². The smallest absolute Gasteiger partial charge is 0.223 e. The minimum Gasteiger partial charge on any atom is -0.492 e. The van der Waals surface area contributed by atoms with Gasteiger partial charge in [-0.2, -0.15) is 4.98 Å². The molecule has 19 heavy (non-hydrogen) atoms. The lowest BCUT2D eigenvalue weighted by Gasteiger charge is -2.12. The molecule has 0 aliphatic carbocycles. The fraction of sp³-hybridized carbons (Fsp3) is 0.385. The Bertz CT molecular complexity index is 539. The van der Waals surface area contributed by atoms with Crippen molar-refractivity contribution in [3.8, 4) is 5.75 Å². The number of rotatable bonds is 6. The molecule has 0 bridgehead atoms. The predicted molar refractivity (Wildman–Crippen MR) is 73.3 cm³/mol. The van der Waals surface area contributed by atoms with E-state index in [0.29, 0.717) is 42.7 Å². The van der Waals surface area contributed by atoms with E-state index >= 15 is 0 Å². The molecule has 1 aromatic carbocycles. The molecule has 0 unspecified atom stereocenters. The van der Waals surface area contributed by atoms with Gasteiger partial charge in [0, 0.05) is 19.9 Å². The van der Waals surface area contributed by atoms with Gasteiger partial charge in [-0.25, -0.2) is 0 Å². The maximum atomic E-state index is 6.02. The van der Waals surface area contributed by atoms with Crippen LogP contribution in [0.2, 0.25) is 0 Å². The van der Waals surface area contributed by atoms with Gasteiger partial charge in [-0.1, -0.05) is 11.2 Å². The third-order valence-corrected chi connectivity index (χ3v) is 2.60. The molecule has 0 aliphatic rings. The first-order valence-corrected chi connectivity index (χ1v) is 6.25. The van der Waals surface area contributed by atoms with Gasteiger partial charge >= 0.3 is 0 Å². The Hall–Kier alpha value is -2.24. The summed E-state index contributed by atoms with van der Waals surface area (Å²) >= 11 is 0. The number of anilines is 2. The summed E-state index contributed by atoms with van der Waals surface area (Å²) in [5.74, 6) is 1.96. The number of hydrogen-bond donors (Lipinski definition) is 2. The number of nitrogens with zero attached hydrogens (tertiary/aromatic N) is 2. The van der Waals surface area contributed by atoms with Crippen molar-refractivity contribution in [1.82, 2.24) is 10.1 Å². The van der Waals surface area contributed by atoms with Crippen LogP contribution in [0.4, 0.5) is 11.4 Å². The molecule has 6 heteroatoms. The van der Waals surface area contributed by atoms with Crippen molar-refractivity contribution in [2.75, 3.05) is 24.2 Å². The Labute approximate surface area is 112 Å². The van der Waals surface area contributed by atoms with Crippen molar-refractivity contribution in [3.63, 3.8) is 0 Å². The van der Waals surface area contributed by atoms with E-state index in [1.807, 2.05) is 25.1 Å². The van der Waals surface area contributed by atoms with Gasteiger partial charge in [0.2, 0.25) is 5.89 Å². The molecule has 0 amide bonds. The van der Waals surface area contributed by atoms with Gasteiger partial charge < -0.3 is 20.3 Å². The summed E-state index contributed by atoms with van der Waals surface area (Å²) in [6.45, 7) is 4.97. The number of ether oxygens (including phenoxy) is 1. The highest BCUT2D eigenvalue weighted by atomic mass is 16.5. The van der Waals surface area contributed by atoms with Gasteiger partial charge in [-0.3, -0.25) is 0 Å². The molecule has 0 saturated heterocycles. The van der Waals surface area contributed by atoms with E-state index in [2.05, 4.69) is 15.5 Å². The largest absolute Gasteiger partial charge is 0.492 e. The zero-order chi connectivity index (χ0) is 13.7.